The van der Waals surface area contributed by atoms with Crippen molar-refractivity contribution < 1.29 is 4.79 Å². The molecule has 1 amide bonds. The van der Waals surface area contributed by atoms with Gasteiger partial charge >= 0.3 is 0 Å². The quantitative estimate of drug-likeness (QED) is 0.324. The highest BCUT2D eigenvalue weighted by molar-refractivity contribution is 7.71. The lowest BCUT2D eigenvalue weighted by Crippen LogP contribution is -2.19. The number of hydrogen-bond acceptors (Lipinski definition) is 7. The van der Waals surface area contributed by atoms with Crippen molar-refractivity contribution in [2.45, 2.75) is 58.4 Å². The van der Waals surface area contributed by atoms with Crippen LogP contribution in [-0.4, -0.2) is 30.9 Å². The van der Waals surface area contributed by atoms with Crippen molar-refractivity contribution in [2.75, 3.05) is 5.32 Å². The molecular weight excluding hydrogens is 412 g/mol. The number of aromatic amines is 1. The molecule has 0 fully saturated rings. The number of aryl methyl sites for hydroxylation is 1. The summed E-state index contributed by atoms with van der Waals surface area (Å²) in [5, 5.41) is 21.5. The molecule has 3 aromatic rings. The van der Waals surface area contributed by atoms with Gasteiger partial charge in [0.15, 0.2) is 10.6 Å². The lowest BCUT2D eigenvalue weighted by molar-refractivity contribution is -0.116. The summed E-state index contributed by atoms with van der Waals surface area (Å²) in [5.41, 5.74) is 0. The molecule has 0 saturated carbocycles. The van der Waals surface area contributed by atoms with Crippen LogP contribution in [0.25, 0.3) is 10.7 Å². The lowest BCUT2D eigenvalue weighted by Gasteiger charge is -2.05. The second kappa shape index (κ2) is 10.6. The predicted molar refractivity (Wildman–Crippen MR) is 116 cm³/mol. The molecule has 2 N–H and O–H groups in total. The van der Waals surface area contributed by atoms with Crippen molar-refractivity contribution in [2.24, 2.45) is 0 Å². The van der Waals surface area contributed by atoms with Gasteiger partial charge in [0.2, 0.25) is 11.0 Å². The van der Waals surface area contributed by atoms with Gasteiger partial charge in [0.1, 0.15) is 11.6 Å². The molecule has 0 unspecified atom stereocenters. The van der Waals surface area contributed by atoms with Crippen LogP contribution in [0.5, 0.6) is 0 Å². The predicted octanol–water partition coefficient (Wildman–Crippen LogP) is 5.06. The van der Waals surface area contributed by atoms with Crippen molar-refractivity contribution >= 4 is 45.9 Å². The highest BCUT2D eigenvalue weighted by Gasteiger charge is 2.14. The molecule has 3 heterocycles. The number of unbranched alkanes of at least 4 members (excludes halogenated alkanes) is 5. The molecule has 0 aliphatic heterocycles. The topological polar surface area (TPSA) is 88.5 Å². The average Bonchev–Trinajstić information content (AvgIpc) is 3.41. The number of nitrogens with zero attached hydrogens (tertiary/aromatic N) is 4. The fourth-order valence-corrected chi connectivity index (χ4v) is 4.54. The summed E-state index contributed by atoms with van der Waals surface area (Å²) in [5.74, 6) is 0.466. The molecule has 0 bridgehead atoms. The van der Waals surface area contributed by atoms with E-state index in [1.165, 1.54) is 43.4 Å². The first-order valence-electron chi connectivity index (χ1n) is 9.48. The van der Waals surface area contributed by atoms with Crippen molar-refractivity contribution in [3.8, 4) is 10.7 Å². The summed E-state index contributed by atoms with van der Waals surface area (Å²) in [4.78, 5) is 13.4. The molecule has 150 valence electrons. The summed E-state index contributed by atoms with van der Waals surface area (Å²) in [6, 6.07) is 3.89. The number of amides is 1. The molecule has 0 spiro atoms. The van der Waals surface area contributed by atoms with E-state index in [9.17, 15) is 4.79 Å². The van der Waals surface area contributed by atoms with Gasteiger partial charge in [0, 0.05) is 6.42 Å². The first-order chi connectivity index (χ1) is 13.7. The van der Waals surface area contributed by atoms with Crippen molar-refractivity contribution in [1.82, 2.24) is 25.0 Å². The van der Waals surface area contributed by atoms with Gasteiger partial charge in [-0.15, -0.1) is 21.5 Å². The molecule has 3 aromatic heterocycles. The molecule has 7 nitrogen and oxygen atoms in total. The van der Waals surface area contributed by atoms with Crippen molar-refractivity contribution in [3.05, 3.63) is 27.3 Å². The van der Waals surface area contributed by atoms with E-state index in [0.717, 1.165) is 22.7 Å². The normalized spacial score (nSPS) is 11.0. The van der Waals surface area contributed by atoms with Crippen LogP contribution < -0.4 is 5.32 Å². The van der Waals surface area contributed by atoms with Crippen LogP contribution >= 0.6 is 34.9 Å². The number of thiophene rings is 1. The number of carbonyl (C=O) groups excluding carboxylic acids is 1. The van der Waals surface area contributed by atoms with E-state index in [-0.39, 0.29) is 12.5 Å². The molecule has 0 aromatic carbocycles. The van der Waals surface area contributed by atoms with Crippen LogP contribution in [0.2, 0.25) is 0 Å². The number of H-pyrrole nitrogens is 1. The van der Waals surface area contributed by atoms with Gasteiger partial charge in [0.25, 0.3) is 0 Å². The van der Waals surface area contributed by atoms with Gasteiger partial charge in [0.05, 0.1) is 4.88 Å². The molecule has 0 saturated heterocycles. The Morgan fingerprint density at radius 3 is 2.86 bits per heavy atom. The highest BCUT2D eigenvalue weighted by atomic mass is 32.1. The minimum atomic E-state index is -0.197. The molecular formula is C18H24N6OS3. The zero-order chi connectivity index (χ0) is 19.8. The minimum absolute atomic E-state index is 0.0783. The molecule has 0 aliphatic carbocycles. The Hall–Kier alpha value is -1.91. The van der Waals surface area contributed by atoms with Crippen molar-refractivity contribution in [1.29, 1.82) is 0 Å². The van der Waals surface area contributed by atoms with Crippen molar-refractivity contribution in [3.63, 3.8) is 0 Å². The smallest absolute Gasteiger partial charge is 0.246 e. The minimum Gasteiger partial charge on any atom is -0.299 e. The second-order valence-corrected chi connectivity index (χ2v) is 8.88. The first kappa shape index (κ1) is 20.8. The number of carbonyl (C=O) groups is 1. The van der Waals surface area contributed by atoms with E-state index in [1.54, 1.807) is 15.9 Å². The van der Waals surface area contributed by atoms with Crippen LogP contribution in [0.3, 0.4) is 0 Å². The Labute approximate surface area is 177 Å². The molecule has 0 atom stereocenters. The Morgan fingerprint density at radius 1 is 1.25 bits per heavy atom. The number of aromatic nitrogens is 5. The van der Waals surface area contributed by atoms with E-state index in [1.807, 2.05) is 17.5 Å². The van der Waals surface area contributed by atoms with Crippen LogP contribution in [0.15, 0.2) is 17.5 Å². The number of anilines is 1. The molecule has 0 aliphatic rings. The summed E-state index contributed by atoms with van der Waals surface area (Å²) >= 11 is 8.25. The highest BCUT2D eigenvalue weighted by Crippen LogP contribution is 2.23. The Morgan fingerprint density at radius 2 is 2.07 bits per heavy atom. The van der Waals surface area contributed by atoms with E-state index < -0.39 is 0 Å². The average molecular weight is 437 g/mol. The van der Waals surface area contributed by atoms with Crippen LogP contribution in [0.1, 0.15) is 50.5 Å². The van der Waals surface area contributed by atoms with Crippen LogP contribution in [0, 0.1) is 4.77 Å². The third-order valence-corrected chi connectivity index (χ3v) is 6.33. The number of rotatable bonds is 11. The fraction of sp³-hybridized carbons (Fsp3) is 0.500. The standard InChI is InChI=1S/C18H24N6OS3/c1-2-3-4-5-6-7-10-15-20-22-17(28-15)19-14(25)12-24-16(21-23-18(24)26)13-9-8-11-27-13/h8-9,11H,2-7,10,12H2,1H3,(H,23,26)(H,19,22,25). The maximum absolute atomic E-state index is 12.4. The Bertz CT molecular complexity index is 927. The van der Waals surface area contributed by atoms with E-state index in [2.05, 4.69) is 32.6 Å². The van der Waals surface area contributed by atoms with Gasteiger partial charge < -0.3 is 0 Å². The third-order valence-electron chi connectivity index (χ3n) is 4.26. The number of nitrogens with one attached hydrogen (secondary N) is 2. The second-order valence-electron chi connectivity index (χ2n) is 6.48. The van der Waals surface area contributed by atoms with Crippen LogP contribution in [-0.2, 0) is 17.8 Å². The zero-order valence-electron chi connectivity index (χ0n) is 15.8. The lowest BCUT2D eigenvalue weighted by atomic mass is 10.1. The molecule has 3 rings (SSSR count). The first-order valence-corrected chi connectivity index (χ1v) is 11.6. The van der Waals surface area contributed by atoms with E-state index in [4.69, 9.17) is 12.2 Å². The van der Waals surface area contributed by atoms with Gasteiger partial charge in [-0.2, -0.15) is 5.10 Å². The molecule has 28 heavy (non-hydrogen) atoms. The summed E-state index contributed by atoms with van der Waals surface area (Å²) in [6.45, 7) is 2.30. The van der Waals surface area contributed by atoms with Crippen LogP contribution in [0.4, 0.5) is 5.13 Å². The SMILES string of the molecule is CCCCCCCCc1nnc(NC(=O)Cn2c(-c3cccs3)n[nH]c2=S)s1. The summed E-state index contributed by atoms with van der Waals surface area (Å²) < 4.78 is 2.11. The third kappa shape index (κ3) is 5.79. The van der Waals surface area contributed by atoms with E-state index >= 15 is 0 Å². The largest absolute Gasteiger partial charge is 0.299 e. The van der Waals surface area contributed by atoms with Gasteiger partial charge in [-0.05, 0) is 30.1 Å². The molecule has 10 heteroatoms. The maximum Gasteiger partial charge on any atom is 0.246 e. The van der Waals surface area contributed by atoms with Gasteiger partial charge in [-0.3, -0.25) is 19.8 Å². The summed E-state index contributed by atoms with van der Waals surface area (Å²) in [7, 11) is 0. The van der Waals surface area contributed by atoms with Gasteiger partial charge in [-0.1, -0.05) is 56.4 Å². The molecule has 0 radical (unpaired) electrons. The maximum atomic E-state index is 12.4. The van der Waals surface area contributed by atoms with E-state index in [0.29, 0.717) is 15.7 Å². The Kier molecular flexibility index (Phi) is 7.87. The van der Waals surface area contributed by atoms with Gasteiger partial charge in [-0.25, -0.2) is 0 Å². The zero-order valence-corrected chi connectivity index (χ0v) is 18.3. The summed E-state index contributed by atoms with van der Waals surface area (Å²) in [6.07, 6.45) is 8.38. The number of hydrogen-bond donors (Lipinski definition) is 2. The fourth-order valence-electron chi connectivity index (χ4n) is 2.82. The monoisotopic (exact) mass is 436 g/mol. The Balaban J connectivity index is 1.50.